The number of hydrogen-bond acceptors (Lipinski definition) is 5. The van der Waals surface area contributed by atoms with Crippen molar-refractivity contribution >= 4 is 10.1 Å². The Hall–Kier alpha value is 1.05. The van der Waals surface area contributed by atoms with E-state index in [-0.39, 0.29) is 81.6 Å². The first-order valence-electron chi connectivity index (χ1n) is 8.61. The molecule has 0 radical (unpaired) electrons. The number of rotatable bonds is 13. The molecular formula is C18H32Na2O5S. The van der Waals surface area contributed by atoms with Crippen molar-refractivity contribution < 1.29 is 82.7 Å². The van der Waals surface area contributed by atoms with E-state index in [0.717, 1.165) is 12.8 Å². The van der Waals surface area contributed by atoms with E-state index in [1.807, 2.05) is 0 Å². The molecule has 2 N–H and O–H groups in total. The normalized spacial score (nSPS) is 9.88. The quantitative estimate of drug-likeness (QED) is 0.237. The first kappa shape index (κ1) is 34.5. The molecule has 0 bridgehead atoms. The summed E-state index contributed by atoms with van der Waals surface area (Å²) in [6.07, 6.45) is 12.3. The molecule has 8 heteroatoms. The zero-order valence-corrected chi connectivity index (χ0v) is 21.5. The molecule has 0 fully saturated rings. The van der Waals surface area contributed by atoms with Crippen molar-refractivity contribution in [2.45, 2.75) is 76.0 Å². The molecule has 5 nitrogen and oxygen atoms in total. The summed E-state index contributed by atoms with van der Waals surface area (Å²) in [6, 6.07) is 8.33. The van der Waals surface area contributed by atoms with Crippen LogP contribution in [-0.4, -0.2) is 26.0 Å². The standard InChI is InChI=1S/C18H30O3S.2Na.2H2O/c1-2-3-4-5-6-7-8-9-10-14-17-21-22(19,20)18-15-12-11-13-16-18;;;;/h11-13,15-16H,2-10,14,17H2,1H3;;;2*1H2/q;2*+1;;/p-2. The second-order valence-corrected chi connectivity index (χ2v) is 7.39. The van der Waals surface area contributed by atoms with Gasteiger partial charge in [-0.15, -0.1) is 0 Å². The zero-order chi connectivity index (χ0) is 16.1. The van der Waals surface area contributed by atoms with Gasteiger partial charge in [0.1, 0.15) is 0 Å². The summed E-state index contributed by atoms with van der Waals surface area (Å²) in [4.78, 5) is 0.238. The average molecular weight is 406 g/mol. The molecule has 1 aromatic rings. The van der Waals surface area contributed by atoms with E-state index in [9.17, 15) is 8.42 Å². The molecule has 0 saturated heterocycles. The van der Waals surface area contributed by atoms with Gasteiger partial charge in [-0.05, 0) is 18.6 Å². The van der Waals surface area contributed by atoms with Gasteiger partial charge in [0.2, 0.25) is 0 Å². The summed E-state index contributed by atoms with van der Waals surface area (Å²) in [7, 11) is -3.57. The summed E-state index contributed by atoms with van der Waals surface area (Å²) in [5, 5.41) is 0. The molecular weight excluding hydrogens is 374 g/mol. The fourth-order valence-corrected chi connectivity index (χ4v) is 3.38. The largest absolute Gasteiger partial charge is 1.00 e. The third-order valence-corrected chi connectivity index (χ3v) is 5.09. The maximum atomic E-state index is 11.9. The van der Waals surface area contributed by atoms with Crippen LogP contribution in [0, 0.1) is 0 Å². The number of unbranched alkanes of at least 4 members (excludes halogenated alkanes) is 9. The van der Waals surface area contributed by atoms with Crippen LogP contribution in [0.3, 0.4) is 0 Å². The summed E-state index contributed by atoms with van der Waals surface area (Å²) < 4.78 is 28.8. The van der Waals surface area contributed by atoms with Crippen LogP contribution in [0.25, 0.3) is 0 Å². The maximum absolute atomic E-state index is 11.9. The van der Waals surface area contributed by atoms with Crippen molar-refractivity contribution in [3.05, 3.63) is 30.3 Å². The van der Waals surface area contributed by atoms with E-state index < -0.39 is 10.1 Å². The Morgan fingerprint density at radius 2 is 1.15 bits per heavy atom. The smallest absolute Gasteiger partial charge is 0.870 e. The second-order valence-electron chi connectivity index (χ2n) is 5.77. The van der Waals surface area contributed by atoms with Crippen LogP contribution in [-0.2, 0) is 14.3 Å². The third-order valence-electron chi connectivity index (χ3n) is 3.77. The molecule has 1 aromatic carbocycles. The van der Waals surface area contributed by atoms with E-state index in [1.165, 1.54) is 51.4 Å². The van der Waals surface area contributed by atoms with Crippen LogP contribution in [0.15, 0.2) is 35.2 Å². The Morgan fingerprint density at radius 1 is 0.731 bits per heavy atom. The van der Waals surface area contributed by atoms with Gasteiger partial charge in [-0.3, -0.25) is 4.18 Å². The van der Waals surface area contributed by atoms with Crippen molar-refractivity contribution in [2.75, 3.05) is 6.61 Å². The Kier molecular flexibility index (Phi) is 29.7. The molecule has 142 valence electrons. The first-order chi connectivity index (χ1) is 10.7. The molecule has 0 unspecified atom stereocenters. The minimum atomic E-state index is -3.57. The van der Waals surface area contributed by atoms with Crippen LogP contribution in [0.5, 0.6) is 0 Å². The summed E-state index contributed by atoms with van der Waals surface area (Å²) in [5.41, 5.74) is 0. The van der Waals surface area contributed by atoms with E-state index in [1.54, 1.807) is 30.3 Å². The molecule has 0 heterocycles. The molecule has 0 aliphatic heterocycles. The van der Waals surface area contributed by atoms with Gasteiger partial charge in [-0.25, -0.2) is 0 Å². The van der Waals surface area contributed by atoms with Gasteiger partial charge in [0, 0.05) is 0 Å². The molecule has 0 saturated carbocycles. The number of benzene rings is 1. The van der Waals surface area contributed by atoms with Crippen LogP contribution < -0.4 is 59.1 Å². The van der Waals surface area contributed by atoms with Crippen LogP contribution >= 0.6 is 0 Å². The van der Waals surface area contributed by atoms with Gasteiger partial charge < -0.3 is 11.0 Å². The molecule has 0 spiro atoms. The molecule has 0 aliphatic rings. The van der Waals surface area contributed by atoms with Gasteiger partial charge in [0.05, 0.1) is 11.5 Å². The van der Waals surface area contributed by atoms with Crippen molar-refractivity contribution in [2.24, 2.45) is 0 Å². The van der Waals surface area contributed by atoms with Crippen LogP contribution in [0.2, 0.25) is 0 Å². The Morgan fingerprint density at radius 3 is 1.62 bits per heavy atom. The first-order valence-corrected chi connectivity index (χ1v) is 10.0. The number of hydrogen-bond donors (Lipinski definition) is 0. The summed E-state index contributed by atoms with van der Waals surface area (Å²) >= 11 is 0. The molecule has 0 atom stereocenters. The Balaban J connectivity index is -0.000000605. The van der Waals surface area contributed by atoms with E-state index in [4.69, 9.17) is 4.18 Å². The van der Waals surface area contributed by atoms with Gasteiger partial charge in [0.15, 0.2) is 0 Å². The average Bonchev–Trinajstić information content (AvgIpc) is 2.53. The van der Waals surface area contributed by atoms with Crippen molar-refractivity contribution in [1.82, 2.24) is 0 Å². The third kappa shape index (κ3) is 17.2. The minimum Gasteiger partial charge on any atom is -0.870 e. The van der Waals surface area contributed by atoms with Gasteiger partial charge in [0.25, 0.3) is 10.1 Å². The van der Waals surface area contributed by atoms with Crippen molar-refractivity contribution in [3.63, 3.8) is 0 Å². The van der Waals surface area contributed by atoms with Crippen LogP contribution in [0.1, 0.15) is 71.1 Å². The van der Waals surface area contributed by atoms with Gasteiger partial charge >= 0.3 is 59.1 Å². The van der Waals surface area contributed by atoms with E-state index in [0.29, 0.717) is 0 Å². The molecule has 0 amide bonds. The van der Waals surface area contributed by atoms with Gasteiger partial charge in [-0.2, -0.15) is 8.42 Å². The molecule has 0 aliphatic carbocycles. The Labute approximate surface area is 204 Å². The fourth-order valence-electron chi connectivity index (χ4n) is 2.41. The van der Waals surface area contributed by atoms with Crippen LogP contribution in [0.4, 0.5) is 0 Å². The predicted molar refractivity (Wildman–Crippen MR) is 95.3 cm³/mol. The minimum absolute atomic E-state index is 0. The fraction of sp³-hybridized carbons (Fsp3) is 0.667. The SMILES string of the molecule is CCCCCCCCCCCCOS(=O)(=O)c1ccccc1.[Na+].[Na+].[OH-].[OH-]. The van der Waals surface area contributed by atoms with Crippen molar-refractivity contribution in [3.8, 4) is 0 Å². The van der Waals surface area contributed by atoms with E-state index >= 15 is 0 Å². The predicted octanol–water partition coefficient (Wildman–Crippen LogP) is -1.03. The molecule has 26 heavy (non-hydrogen) atoms. The topological polar surface area (TPSA) is 103 Å². The maximum Gasteiger partial charge on any atom is 1.00 e. The summed E-state index contributed by atoms with van der Waals surface area (Å²) in [5.74, 6) is 0. The summed E-state index contributed by atoms with van der Waals surface area (Å²) in [6.45, 7) is 2.52. The monoisotopic (exact) mass is 406 g/mol. The second kappa shape index (κ2) is 22.3. The molecule has 0 aromatic heterocycles. The Bertz CT molecular complexity index is 484. The zero-order valence-electron chi connectivity index (χ0n) is 16.7. The molecule has 1 rings (SSSR count). The van der Waals surface area contributed by atoms with E-state index in [2.05, 4.69) is 6.92 Å². The van der Waals surface area contributed by atoms with Gasteiger partial charge in [-0.1, -0.05) is 82.9 Å². The van der Waals surface area contributed by atoms with Crippen molar-refractivity contribution in [1.29, 1.82) is 0 Å².